The maximum absolute atomic E-state index is 11.1. The standard InChI is InChI=1S/C9H15NO4/c1-6(8(11)12)5-7-3-4-10(7)9(13)14-2/h6-7H,3-5H2,1-2H3,(H,11,12). The van der Waals surface area contributed by atoms with Gasteiger partial charge in [-0.15, -0.1) is 0 Å². The molecule has 1 aliphatic rings. The van der Waals surface area contributed by atoms with Gasteiger partial charge < -0.3 is 14.7 Å². The zero-order valence-corrected chi connectivity index (χ0v) is 8.40. The van der Waals surface area contributed by atoms with Crippen LogP contribution >= 0.6 is 0 Å². The Balaban J connectivity index is 2.40. The van der Waals surface area contributed by atoms with Crippen LogP contribution in [-0.4, -0.2) is 41.8 Å². The number of hydrogen-bond acceptors (Lipinski definition) is 3. The van der Waals surface area contributed by atoms with E-state index in [1.54, 1.807) is 11.8 Å². The van der Waals surface area contributed by atoms with Gasteiger partial charge >= 0.3 is 12.1 Å². The van der Waals surface area contributed by atoms with Crippen molar-refractivity contribution in [2.75, 3.05) is 13.7 Å². The second-order valence-corrected chi connectivity index (χ2v) is 3.58. The Bertz CT molecular complexity index is 241. The van der Waals surface area contributed by atoms with Crippen molar-refractivity contribution in [3.8, 4) is 0 Å². The van der Waals surface area contributed by atoms with E-state index in [9.17, 15) is 9.59 Å². The van der Waals surface area contributed by atoms with Gasteiger partial charge in [-0.25, -0.2) is 4.79 Å². The van der Waals surface area contributed by atoms with Crippen molar-refractivity contribution >= 4 is 12.1 Å². The molecule has 1 aliphatic heterocycles. The van der Waals surface area contributed by atoms with Crippen LogP contribution in [-0.2, 0) is 9.53 Å². The number of rotatable bonds is 3. The van der Waals surface area contributed by atoms with Gasteiger partial charge in [0.15, 0.2) is 0 Å². The molecule has 0 spiro atoms. The Labute approximate surface area is 82.6 Å². The fraction of sp³-hybridized carbons (Fsp3) is 0.778. The lowest BCUT2D eigenvalue weighted by Gasteiger charge is -2.40. The number of nitrogens with zero attached hydrogens (tertiary/aromatic N) is 1. The first kappa shape index (κ1) is 10.8. The highest BCUT2D eigenvalue weighted by Crippen LogP contribution is 2.24. The van der Waals surface area contributed by atoms with Gasteiger partial charge in [-0.3, -0.25) is 4.79 Å². The number of aliphatic carboxylic acids is 1. The van der Waals surface area contributed by atoms with E-state index in [1.165, 1.54) is 7.11 Å². The van der Waals surface area contributed by atoms with Crippen molar-refractivity contribution < 1.29 is 19.4 Å². The minimum atomic E-state index is -0.818. The quantitative estimate of drug-likeness (QED) is 0.737. The van der Waals surface area contributed by atoms with Crippen LogP contribution in [0.5, 0.6) is 0 Å². The molecule has 0 aromatic rings. The third kappa shape index (κ3) is 2.16. The lowest BCUT2D eigenvalue weighted by atomic mass is 9.93. The SMILES string of the molecule is COC(=O)N1CCC1CC(C)C(=O)O. The molecular formula is C9H15NO4. The molecule has 0 aliphatic carbocycles. The molecule has 0 aromatic heterocycles. The van der Waals surface area contributed by atoms with Crippen molar-refractivity contribution in [2.45, 2.75) is 25.8 Å². The summed E-state index contributed by atoms with van der Waals surface area (Å²) < 4.78 is 4.57. The largest absolute Gasteiger partial charge is 0.481 e. The molecule has 0 aromatic carbocycles. The second-order valence-electron chi connectivity index (χ2n) is 3.58. The fourth-order valence-electron chi connectivity index (χ4n) is 1.55. The normalized spacial score (nSPS) is 22.4. The number of likely N-dealkylation sites (tertiary alicyclic amines) is 1. The number of carbonyl (C=O) groups excluding carboxylic acids is 1. The van der Waals surface area contributed by atoms with E-state index < -0.39 is 11.9 Å². The number of hydrogen-bond donors (Lipinski definition) is 1. The van der Waals surface area contributed by atoms with E-state index in [4.69, 9.17) is 5.11 Å². The Morgan fingerprint density at radius 1 is 1.64 bits per heavy atom. The molecular weight excluding hydrogens is 186 g/mol. The maximum Gasteiger partial charge on any atom is 0.409 e. The minimum absolute atomic E-state index is 0.0357. The van der Waals surface area contributed by atoms with Crippen molar-refractivity contribution in [2.24, 2.45) is 5.92 Å². The summed E-state index contributed by atoms with van der Waals surface area (Å²) in [7, 11) is 1.33. The number of amides is 1. The van der Waals surface area contributed by atoms with Crippen LogP contribution in [0.4, 0.5) is 4.79 Å². The average Bonchev–Trinajstić information content (AvgIpc) is 2.11. The molecule has 1 rings (SSSR count). The smallest absolute Gasteiger partial charge is 0.409 e. The average molecular weight is 201 g/mol. The highest BCUT2D eigenvalue weighted by molar-refractivity contribution is 5.71. The first-order chi connectivity index (χ1) is 6.56. The van der Waals surface area contributed by atoms with E-state index in [2.05, 4.69) is 4.74 Å². The van der Waals surface area contributed by atoms with Crippen molar-refractivity contribution in [3.05, 3.63) is 0 Å². The Kier molecular flexibility index (Phi) is 3.33. The van der Waals surface area contributed by atoms with Gasteiger partial charge in [-0.05, 0) is 12.8 Å². The van der Waals surface area contributed by atoms with Crippen LogP contribution in [0, 0.1) is 5.92 Å². The number of ether oxygens (including phenoxy) is 1. The van der Waals surface area contributed by atoms with E-state index in [0.717, 1.165) is 6.42 Å². The Hall–Kier alpha value is -1.26. The zero-order chi connectivity index (χ0) is 10.7. The van der Waals surface area contributed by atoms with Crippen molar-refractivity contribution in [1.82, 2.24) is 4.90 Å². The molecule has 0 radical (unpaired) electrons. The number of methoxy groups -OCH3 is 1. The van der Waals surface area contributed by atoms with Crippen LogP contribution in [0.2, 0.25) is 0 Å². The molecule has 1 saturated heterocycles. The second kappa shape index (κ2) is 4.30. The highest BCUT2D eigenvalue weighted by atomic mass is 16.5. The molecule has 1 heterocycles. The van der Waals surface area contributed by atoms with E-state index in [0.29, 0.717) is 13.0 Å². The molecule has 14 heavy (non-hydrogen) atoms. The van der Waals surface area contributed by atoms with Crippen molar-refractivity contribution in [1.29, 1.82) is 0 Å². The molecule has 0 saturated carbocycles. The van der Waals surface area contributed by atoms with Gasteiger partial charge in [0.1, 0.15) is 0 Å². The summed E-state index contributed by atoms with van der Waals surface area (Å²) >= 11 is 0. The number of carbonyl (C=O) groups is 2. The van der Waals surface area contributed by atoms with Gasteiger partial charge in [0.2, 0.25) is 0 Å². The monoisotopic (exact) mass is 201 g/mol. The summed E-state index contributed by atoms with van der Waals surface area (Å²) in [5, 5.41) is 8.70. The third-order valence-corrected chi connectivity index (χ3v) is 2.60. The fourth-order valence-corrected chi connectivity index (χ4v) is 1.55. The predicted molar refractivity (Wildman–Crippen MR) is 48.9 cm³/mol. The number of carboxylic acids is 1. The maximum atomic E-state index is 11.1. The van der Waals surface area contributed by atoms with Crippen LogP contribution in [0.3, 0.4) is 0 Å². The highest BCUT2D eigenvalue weighted by Gasteiger charge is 2.34. The van der Waals surface area contributed by atoms with Crippen LogP contribution in [0.1, 0.15) is 19.8 Å². The van der Waals surface area contributed by atoms with Gasteiger partial charge in [0.25, 0.3) is 0 Å². The zero-order valence-electron chi connectivity index (χ0n) is 8.40. The Morgan fingerprint density at radius 3 is 2.64 bits per heavy atom. The predicted octanol–water partition coefficient (Wildman–Crippen LogP) is 0.938. The van der Waals surface area contributed by atoms with Gasteiger partial charge in [0, 0.05) is 12.6 Å². The van der Waals surface area contributed by atoms with Crippen LogP contribution < -0.4 is 0 Å². The van der Waals surface area contributed by atoms with E-state index >= 15 is 0 Å². The minimum Gasteiger partial charge on any atom is -0.481 e. The lowest BCUT2D eigenvalue weighted by Crippen LogP contribution is -2.52. The van der Waals surface area contributed by atoms with E-state index in [1.807, 2.05) is 0 Å². The molecule has 2 unspecified atom stereocenters. The first-order valence-corrected chi connectivity index (χ1v) is 4.63. The molecule has 0 bridgehead atoms. The van der Waals surface area contributed by atoms with Crippen LogP contribution in [0.25, 0.3) is 0 Å². The van der Waals surface area contributed by atoms with Crippen molar-refractivity contribution in [3.63, 3.8) is 0 Å². The van der Waals surface area contributed by atoms with E-state index in [-0.39, 0.29) is 12.1 Å². The summed E-state index contributed by atoms with van der Waals surface area (Å²) in [4.78, 5) is 23.3. The molecule has 1 N–H and O–H groups in total. The topological polar surface area (TPSA) is 66.8 Å². The van der Waals surface area contributed by atoms with Gasteiger partial charge in [0.05, 0.1) is 13.0 Å². The first-order valence-electron chi connectivity index (χ1n) is 4.63. The lowest BCUT2D eigenvalue weighted by molar-refractivity contribution is -0.142. The molecule has 2 atom stereocenters. The number of carboxylic acid groups (broad SMARTS) is 1. The summed E-state index contributed by atoms with van der Waals surface area (Å²) in [6.07, 6.45) is 1.01. The Morgan fingerprint density at radius 2 is 2.29 bits per heavy atom. The molecule has 5 heteroatoms. The van der Waals surface area contributed by atoms with Crippen LogP contribution in [0.15, 0.2) is 0 Å². The molecule has 1 fully saturated rings. The van der Waals surface area contributed by atoms with Gasteiger partial charge in [-0.1, -0.05) is 6.92 Å². The summed E-state index contributed by atoms with van der Waals surface area (Å²) in [5.41, 5.74) is 0. The third-order valence-electron chi connectivity index (χ3n) is 2.60. The summed E-state index contributed by atoms with van der Waals surface area (Å²) in [6, 6.07) is 0.0357. The van der Waals surface area contributed by atoms with Gasteiger partial charge in [-0.2, -0.15) is 0 Å². The summed E-state index contributed by atoms with van der Waals surface area (Å²) in [5.74, 6) is -1.23. The molecule has 80 valence electrons. The molecule has 1 amide bonds. The molecule has 5 nitrogen and oxygen atoms in total. The summed E-state index contributed by atoms with van der Waals surface area (Å²) in [6.45, 7) is 2.32.